The zero-order chi connectivity index (χ0) is 30.4. The minimum absolute atomic E-state index is 0.0360. The van der Waals surface area contributed by atoms with Gasteiger partial charge >= 0.3 is 6.18 Å². The lowest BCUT2D eigenvalue weighted by Crippen LogP contribution is -2.52. The summed E-state index contributed by atoms with van der Waals surface area (Å²) in [6.45, 7) is 4.65. The molecule has 12 heteroatoms. The molecular weight excluding hydrogens is 579 g/mol. The van der Waals surface area contributed by atoms with Gasteiger partial charge < -0.3 is 10.2 Å². The normalized spacial score (nSPS) is 12.5. The van der Waals surface area contributed by atoms with Crippen molar-refractivity contribution in [2.45, 2.75) is 50.9 Å². The molecule has 3 aromatic rings. The van der Waals surface area contributed by atoms with E-state index in [1.165, 1.54) is 29.2 Å². The van der Waals surface area contributed by atoms with E-state index in [-0.39, 0.29) is 22.9 Å². The maximum absolute atomic E-state index is 14.0. The lowest BCUT2D eigenvalue weighted by molar-refractivity contribution is -0.140. The van der Waals surface area contributed by atoms with Crippen LogP contribution in [0.25, 0.3) is 0 Å². The second-order valence-corrected chi connectivity index (χ2v) is 11.6. The SMILES string of the molecule is CCNC(=O)C(CC)N(Cc1cccc(C)c1)C(=O)CN(c1cc(C(F)(F)F)ccc1Cl)S(=O)(=O)c1ccccc1. The van der Waals surface area contributed by atoms with E-state index in [9.17, 15) is 31.2 Å². The van der Waals surface area contributed by atoms with Crippen molar-refractivity contribution in [3.05, 3.63) is 94.5 Å². The molecule has 0 bridgehead atoms. The van der Waals surface area contributed by atoms with Gasteiger partial charge in [0.15, 0.2) is 0 Å². The highest BCUT2D eigenvalue weighted by Crippen LogP contribution is 2.37. The summed E-state index contributed by atoms with van der Waals surface area (Å²) in [5.41, 5.74) is -0.0519. The highest BCUT2D eigenvalue weighted by atomic mass is 35.5. The first-order valence-corrected chi connectivity index (χ1v) is 14.7. The highest BCUT2D eigenvalue weighted by Gasteiger charge is 2.36. The quantitative estimate of drug-likeness (QED) is 0.297. The van der Waals surface area contributed by atoms with Crippen LogP contribution < -0.4 is 9.62 Å². The first-order valence-electron chi connectivity index (χ1n) is 12.9. The van der Waals surface area contributed by atoms with E-state index in [2.05, 4.69) is 5.32 Å². The van der Waals surface area contributed by atoms with E-state index in [0.717, 1.165) is 17.7 Å². The van der Waals surface area contributed by atoms with Crippen LogP contribution in [0.2, 0.25) is 5.02 Å². The van der Waals surface area contributed by atoms with Gasteiger partial charge in [-0.3, -0.25) is 13.9 Å². The molecule has 3 rings (SSSR count). The number of anilines is 1. The summed E-state index contributed by atoms with van der Waals surface area (Å²) in [6.07, 6.45) is -4.59. The van der Waals surface area contributed by atoms with E-state index in [0.29, 0.717) is 22.5 Å². The molecule has 0 saturated heterocycles. The molecule has 2 amide bonds. The Hall–Kier alpha value is -3.57. The number of benzene rings is 3. The maximum Gasteiger partial charge on any atom is 0.416 e. The summed E-state index contributed by atoms with van der Waals surface area (Å²) < 4.78 is 69.1. The van der Waals surface area contributed by atoms with E-state index in [1.807, 2.05) is 19.1 Å². The number of sulfonamides is 1. The minimum atomic E-state index is -4.80. The third-order valence-corrected chi connectivity index (χ3v) is 8.42. The molecule has 0 aliphatic heterocycles. The Balaban J connectivity index is 2.16. The summed E-state index contributed by atoms with van der Waals surface area (Å²) in [5.74, 6) is -1.23. The molecule has 1 N–H and O–H groups in total. The molecule has 1 atom stereocenters. The molecule has 7 nitrogen and oxygen atoms in total. The Morgan fingerprint density at radius 2 is 1.66 bits per heavy atom. The summed E-state index contributed by atoms with van der Waals surface area (Å²) in [4.78, 5) is 27.9. The minimum Gasteiger partial charge on any atom is -0.355 e. The van der Waals surface area contributed by atoms with Crippen LogP contribution in [0.3, 0.4) is 0 Å². The average Bonchev–Trinajstić information content (AvgIpc) is 2.92. The molecule has 0 radical (unpaired) electrons. The van der Waals surface area contributed by atoms with E-state index in [4.69, 9.17) is 11.6 Å². The molecule has 0 heterocycles. The van der Waals surface area contributed by atoms with Gasteiger partial charge in [-0.25, -0.2) is 8.42 Å². The number of likely N-dealkylation sites (N-methyl/N-ethyl adjacent to an activating group) is 1. The van der Waals surface area contributed by atoms with Crippen LogP contribution in [-0.4, -0.2) is 44.3 Å². The summed E-state index contributed by atoms with van der Waals surface area (Å²) in [6, 6.07) is 15.5. The van der Waals surface area contributed by atoms with Gasteiger partial charge in [0.05, 0.1) is 21.2 Å². The van der Waals surface area contributed by atoms with Gasteiger partial charge in [-0.05, 0) is 56.2 Å². The number of amides is 2. The number of hydrogen-bond donors (Lipinski definition) is 1. The average molecular weight is 610 g/mol. The number of alkyl halides is 3. The molecule has 1 unspecified atom stereocenters. The van der Waals surface area contributed by atoms with Gasteiger partial charge in [-0.2, -0.15) is 13.2 Å². The van der Waals surface area contributed by atoms with Gasteiger partial charge in [0, 0.05) is 13.1 Å². The molecule has 41 heavy (non-hydrogen) atoms. The Kier molecular flexibility index (Phi) is 10.4. The number of halogens is 4. The Morgan fingerprint density at radius 3 is 2.24 bits per heavy atom. The van der Waals surface area contributed by atoms with Crippen LogP contribution in [0, 0.1) is 6.92 Å². The standard InChI is InChI=1S/C29H31ClF3N3O4S/c1-4-25(28(38)34-5-2)35(18-21-11-9-10-20(3)16-21)27(37)19-36(41(39,40)23-12-7-6-8-13-23)26-17-22(29(31,32)33)14-15-24(26)30/h6-17,25H,4-5,18-19H2,1-3H3,(H,34,38). The molecular formula is C29H31ClF3N3O4S. The summed E-state index contributed by atoms with van der Waals surface area (Å²) in [5, 5.41) is 2.39. The first-order chi connectivity index (χ1) is 19.3. The lowest BCUT2D eigenvalue weighted by Gasteiger charge is -2.33. The fraction of sp³-hybridized carbons (Fsp3) is 0.310. The monoisotopic (exact) mass is 609 g/mol. The van der Waals surface area contributed by atoms with Crippen LogP contribution in [0.1, 0.15) is 37.0 Å². The number of rotatable bonds is 11. The molecule has 220 valence electrons. The third kappa shape index (κ3) is 7.80. The Morgan fingerprint density at radius 1 is 0.976 bits per heavy atom. The first kappa shape index (κ1) is 32.0. The van der Waals surface area contributed by atoms with Gasteiger partial charge in [0.25, 0.3) is 10.0 Å². The van der Waals surface area contributed by atoms with Gasteiger partial charge in [-0.1, -0.05) is 66.6 Å². The fourth-order valence-electron chi connectivity index (χ4n) is 4.33. The number of carbonyl (C=O) groups excluding carboxylic acids is 2. The van der Waals surface area contributed by atoms with Crippen LogP contribution in [0.15, 0.2) is 77.7 Å². The van der Waals surface area contributed by atoms with E-state index in [1.54, 1.807) is 32.0 Å². The molecule has 0 saturated carbocycles. The molecule has 0 aliphatic carbocycles. The zero-order valence-corrected chi connectivity index (χ0v) is 24.4. The molecule has 3 aromatic carbocycles. The molecule has 0 fully saturated rings. The van der Waals surface area contributed by atoms with Crippen molar-refractivity contribution < 1.29 is 31.2 Å². The predicted molar refractivity (Wildman–Crippen MR) is 152 cm³/mol. The zero-order valence-electron chi connectivity index (χ0n) is 22.8. The number of carbonyl (C=O) groups is 2. The van der Waals surface area contributed by atoms with Gasteiger partial charge in [0.2, 0.25) is 11.8 Å². The number of aryl methyl sites for hydroxylation is 1. The smallest absolute Gasteiger partial charge is 0.355 e. The fourth-order valence-corrected chi connectivity index (χ4v) is 6.05. The largest absolute Gasteiger partial charge is 0.416 e. The van der Waals surface area contributed by atoms with Crippen LogP contribution >= 0.6 is 11.6 Å². The number of hydrogen-bond acceptors (Lipinski definition) is 4. The van der Waals surface area contributed by atoms with Crippen molar-refractivity contribution in [1.29, 1.82) is 0 Å². The molecule has 0 aromatic heterocycles. The van der Waals surface area contributed by atoms with Gasteiger partial charge in [0.1, 0.15) is 12.6 Å². The second-order valence-electron chi connectivity index (χ2n) is 9.32. The number of nitrogens with one attached hydrogen (secondary N) is 1. The van der Waals surface area contributed by atoms with E-state index < -0.39 is 51.9 Å². The second kappa shape index (κ2) is 13.4. The predicted octanol–water partition coefficient (Wildman–Crippen LogP) is 5.81. The van der Waals surface area contributed by atoms with Crippen LogP contribution in [0.5, 0.6) is 0 Å². The topological polar surface area (TPSA) is 86.8 Å². The van der Waals surface area contributed by atoms with Crippen molar-refractivity contribution in [3.8, 4) is 0 Å². The molecule has 0 aliphatic rings. The molecule has 0 spiro atoms. The van der Waals surface area contributed by atoms with Crippen molar-refractivity contribution in [2.24, 2.45) is 0 Å². The van der Waals surface area contributed by atoms with Crippen molar-refractivity contribution >= 4 is 39.1 Å². The van der Waals surface area contributed by atoms with Crippen LogP contribution in [0.4, 0.5) is 18.9 Å². The van der Waals surface area contributed by atoms with Crippen molar-refractivity contribution in [1.82, 2.24) is 10.2 Å². The summed E-state index contributed by atoms with van der Waals surface area (Å²) in [7, 11) is -4.58. The van der Waals surface area contributed by atoms with E-state index >= 15 is 0 Å². The van der Waals surface area contributed by atoms with Crippen molar-refractivity contribution in [2.75, 3.05) is 17.4 Å². The summed E-state index contributed by atoms with van der Waals surface area (Å²) >= 11 is 6.26. The van der Waals surface area contributed by atoms with Gasteiger partial charge in [-0.15, -0.1) is 0 Å². The third-order valence-electron chi connectivity index (χ3n) is 6.32. The van der Waals surface area contributed by atoms with Crippen LogP contribution in [-0.2, 0) is 32.3 Å². The number of nitrogens with zero attached hydrogens (tertiary/aromatic N) is 2. The van der Waals surface area contributed by atoms with Crippen molar-refractivity contribution in [3.63, 3.8) is 0 Å². The lowest BCUT2D eigenvalue weighted by atomic mass is 10.1. The Labute approximate surface area is 243 Å². The maximum atomic E-state index is 14.0. The Bertz CT molecular complexity index is 1480. The highest BCUT2D eigenvalue weighted by molar-refractivity contribution is 7.92.